The quantitative estimate of drug-likeness (QED) is 0.569. The molecule has 0 aliphatic carbocycles. The van der Waals surface area contributed by atoms with Gasteiger partial charge in [-0.1, -0.05) is 5.16 Å². The van der Waals surface area contributed by atoms with Crippen molar-refractivity contribution in [1.82, 2.24) is 10.1 Å². The van der Waals surface area contributed by atoms with Crippen molar-refractivity contribution in [2.45, 2.75) is 32.1 Å². The molecule has 4 heterocycles. The zero-order valence-electron chi connectivity index (χ0n) is 17.5. The lowest BCUT2D eigenvalue weighted by atomic mass is 10.1. The SMILES string of the molecule is C[C@@H]1CN(c2c(C=O)cc3c(N4C(=O)OCC4c4ccncc4)noc3c2F)C[C@@H](C)O1. The van der Waals surface area contributed by atoms with E-state index in [0.717, 1.165) is 5.56 Å². The second-order valence-corrected chi connectivity index (χ2v) is 8.03. The number of aldehydes is 1. The number of morpholine rings is 1. The minimum absolute atomic E-state index is 0.0987. The number of hydrogen-bond acceptors (Lipinski definition) is 8. The smallest absolute Gasteiger partial charge is 0.416 e. The Morgan fingerprint density at radius 1 is 1.19 bits per heavy atom. The van der Waals surface area contributed by atoms with E-state index >= 15 is 4.39 Å². The Bertz CT molecular complexity index is 1170. The Hall–Kier alpha value is -3.53. The Morgan fingerprint density at radius 2 is 1.91 bits per heavy atom. The van der Waals surface area contributed by atoms with Gasteiger partial charge >= 0.3 is 6.09 Å². The summed E-state index contributed by atoms with van der Waals surface area (Å²) in [6, 6.07) is 4.55. The third kappa shape index (κ3) is 3.27. The lowest BCUT2D eigenvalue weighted by Gasteiger charge is -2.37. The van der Waals surface area contributed by atoms with E-state index in [1.807, 2.05) is 13.8 Å². The normalized spacial score (nSPS) is 23.6. The van der Waals surface area contributed by atoms with Crippen molar-refractivity contribution < 1.29 is 28.0 Å². The molecule has 5 rings (SSSR count). The van der Waals surface area contributed by atoms with E-state index in [0.29, 0.717) is 19.4 Å². The average molecular weight is 440 g/mol. The minimum Gasteiger partial charge on any atom is -0.447 e. The van der Waals surface area contributed by atoms with Gasteiger partial charge in [0.05, 0.1) is 23.3 Å². The van der Waals surface area contributed by atoms with Gasteiger partial charge in [0.25, 0.3) is 0 Å². The molecule has 2 aliphatic heterocycles. The standard InChI is InChI=1S/C22H21FN4O5/c1-12-8-26(9-13(2)31-12)19-15(10-28)7-16-20(18(19)23)32-25-21(16)27-17(11-30-22(27)29)14-3-5-24-6-4-14/h3-7,10,12-13,17H,8-9,11H2,1-2H3/t12-,13-,17?/m1/s1. The highest BCUT2D eigenvalue weighted by atomic mass is 19.1. The van der Waals surface area contributed by atoms with Gasteiger partial charge in [-0.3, -0.25) is 9.78 Å². The molecule has 2 aromatic heterocycles. The maximum absolute atomic E-state index is 15.7. The lowest BCUT2D eigenvalue weighted by Crippen LogP contribution is -2.46. The van der Waals surface area contributed by atoms with E-state index in [9.17, 15) is 9.59 Å². The summed E-state index contributed by atoms with van der Waals surface area (Å²) in [5.74, 6) is -0.598. The molecular formula is C22H21FN4O5. The Balaban J connectivity index is 1.62. The van der Waals surface area contributed by atoms with Crippen LogP contribution in [-0.2, 0) is 9.47 Å². The average Bonchev–Trinajstić information content (AvgIpc) is 3.36. The molecule has 3 atom stereocenters. The minimum atomic E-state index is -0.697. The van der Waals surface area contributed by atoms with Crippen LogP contribution in [-0.4, -0.2) is 54.4 Å². The fourth-order valence-electron chi connectivity index (χ4n) is 4.47. The molecule has 0 bridgehead atoms. The van der Waals surface area contributed by atoms with Gasteiger partial charge in [-0.25, -0.2) is 14.1 Å². The number of cyclic esters (lactones) is 1. The van der Waals surface area contributed by atoms with Gasteiger partial charge in [-0.05, 0) is 37.6 Å². The molecule has 2 saturated heterocycles. The van der Waals surface area contributed by atoms with E-state index < -0.39 is 18.0 Å². The summed E-state index contributed by atoms with van der Waals surface area (Å²) in [6.07, 6.45) is 2.94. The molecule has 10 heteroatoms. The summed E-state index contributed by atoms with van der Waals surface area (Å²) < 4.78 is 32.0. The first-order chi connectivity index (χ1) is 15.5. The van der Waals surface area contributed by atoms with Crippen molar-refractivity contribution in [3.05, 3.63) is 47.5 Å². The van der Waals surface area contributed by atoms with Crippen LogP contribution in [0.25, 0.3) is 11.0 Å². The first-order valence-corrected chi connectivity index (χ1v) is 10.3. The van der Waals surface area contributed by atoms with Crippen LogP contribution in [0.2, 0.25) is 0 Å². The highest BCUT2D eigenvalue weighted by Gasteiger charge is 2.39. The number of hydrogen-bond donors (Lipinski definition) is 0. The highest BCUT2D eigenvalue weighted by molar-refractivity contribution is 6.03. The van der Waals surface area contributed by atoms with Gasteiger partial charge in [-0.2, -0.15) is 0 Å². The van der Waals surface area contributed by atoms with Crippen LogP contribution in [0.1, 0.15) is 35.8 Å². The molecule has 0 radical (unpaired) electrons. The third-order valence-corrected chi connectivity index (χ3v) is 5.74. The van der Waals surface area contributed by atoms with Crippen LogP contribution in [0.5, 0.6) is 0 Å². The zero-order chi connectivity index (χ0) is 22.4. The van der Waals surface area contributed by atoms with Crippen molar-refractivity contribution in [3.63, 3.8) is 0 Å². The summed E-state index contributed by atoms with van der Waals surface area (Å²) in [6.45, 7) is 4.74. The molecule has 0 saturated carbocycles. The zero-order valence-corrected chi connectivity index (χ0v) is 17.5. The molecule has 0 spiro atoms. The number of amides is 1. The van der Waals surface area contributed by atoms with Crippen LogP contribution in [0.4, 0.5) is 20.7 Å². The van der Waals surface area contributed by atoms with Gasteiger partial charge in [0, 0.05) is 31.0 Å². The fraction of sp³-hybridized carbons (Fsp3) is 0.364. The predicted octanol–water partition coefficient (Wildman–Crippen LogP) is 3.49. The van der Waals surface area contributed by atoms with Crippen LogP contribution in [0, 0.1) is 5.82 Å². The molecule has 0 N–H and O–H groups in total. The molecular weight excluding hydrogens is 419 g/mol. The summed E-state index contributed by atoms with van der Waals surface area (Å²) in [5, 5.41) is 4.21. The Kier molecular flexibility index (Phi) is 5.01. The van der Waals surface area contributed by atoms with Gasteiger partial charge in [-0.15, -0.1) is 0 Å². The molecule has 2 aliphatic rings. The topological polar surface area (TPSA) is 98.0 Å². The summed E-state index contributed by atoms with van der Waals surface area (Å²) >= 11 is 0. The number of ether oxygens (including phenoxy) is 2. The lowest BCUT2D eigenvalue weighted by molar-refractivity contribution is -0.00543. The number of benzene rings is 1. The predicted molar refractivity (Wildman–Crippen MR) is 112 cm³/mol. The number of pyridine rings is 1. The van der Waals surface area contributed by atoms with E-state index in [2.05, 4.69) is 10.1 Å². The first kappa shape index (κ1) is 20.4. The van der Waals surface area contributed by atoms with Crippen LogP contribution >= 0.6 is 0 Å². The van der Waals surface area contributed by atoms with Gasteiger partial charge < -0.3 is 18.9 Å². The van der Waals surface area contributed by atoms with Crippen LogP contribution in [0.3, 0.4) is 0 Å². The summed E-state index contributed by atoms with van der Waals surface area (Å²) in [5.41, 5.74) is 0.951. The molecule has 3 aromatic rings. The van der Waals surface area contributed by atoms with Crippen LogP contribution in [0.15, 0.2) is 35.1 Å². The monoisotopic (exact) mass is 440 g/mol. The number of fused-ring (bicyclic) bond motifs is 1. The molecule has 32 heavy (non-hydrogen) atoms. The molecule has 1 unspecified atom stereocenters. The molecule has 1 aromatic carbocycles. The second-order valence-electron chi connectivity index (χ2n) is 8.03. The summed E-state index contributed by atoms with van der Waals surface area (Å²) in [7, 11) is 0. The van der Waals surface area contributed by atoms with Gasteiger partial charge in [0.15, 0.2) is 17.9 Å². The van der Waals surface area contributed by atoms with E-state index in [1.54, 1.807) is 29.4 Å². The number of carbonyl (C=O) groups excluding carboxylic acids is 2. The first-order valence-electron chi connectivity index (χ1n) is 10.3. The number of anilines is 2. The fourth-order valence-corrected chi connectivity index (χ4v) is 4.47. The Morgan fingerprint density at radius 3 is 2.59 bits per heavy atom. The number of nitrogens with zero attached hydrogens (tertiary/aromatic N) is 4. The van der Waals surface area contributed by atoms with Gasteiger partial charge in [0.1, 0.15) is 12.6 Å². The molecule has 1 amide bonds. The maximum Gasteiger partial charge on any atom is 0.416 e. The summed E-state index contributed by atoms with van der Waals surface area (Å²) in [4.78, 5) is 31.6. The van der Waals surface area contributed by atoms with Crippen molar-refractivity contribution in [3.8, 4) is 0 Å². The van der Waals surface area contributed by atoms with Crippen molar-refractivity contribution in [2.24, 2.45) is 0 Å². The number of carbonyl (C=O) groups is 2. The Labute approximate surface area is 182 Å². The van der Waals surface area contributed by atoms with E-state index in [-0.39, 0.29) is 46.9 Å². The third-order valence-electron chi connectivity index (χ3n) is 5.74. The second kappa shape index (κ2) is 7.86. The number of halogens is 1. The van der Waals surface area contributed by atoms with Gasteiger partial charge in [0.2, 0.25) is 5.58 Å². The van der Waals surface area contributed by atoms with Crippen LogP contribution < -0.4 is 9.80 Å². The number of aromatic nitrogens is 2. The van der Waals surface area contributed by atoms with Crippen molar-refractivity contribution in [2.75, 3.05) is 29.5 Å². The van der Waals surface area contributed by atoms with Crippen molar-refractivity contribution >= 4 is 34.9 Å². The molecule has 9 nitrogen and oxygen atoms in total. The van der Waals surface area contributed by atoms with Crippen molar-refractivity contribution in [1.29, 1.82) is 0 Å². The van der Waals surface area contributed by atoms with E-state index in [1.165, 1.54) is 11.0 Å². The highest BCUT2D eigenvalue weighted by Crippen LogP contribution is 2.40. The van der Waals surface area contributed by atoms with E-state index in [4.69, 9.17) is 14.0 Å². The molecule has 2 fully saturated rings. The largest absolute Gasteiger partial charge is 0.447 e. The maximum atomic E-state index is 15.7. The molecule has 166 valence electrons. The number of rotatable bonds is 4.